The molecule has 0 bridgehead atoms. The number of hydrogen-bond acceptors (Lipinski definition) is 3. The van der Waals surface area contributed by atoms with Gasteiger partial charge in [-0.05, 0) is 17.7 Å². The van der Waals surface area contributed by atoms with E-state index in [1.54, 1.807) is 0 Å². The van der Waals surface area contributed by atoms with Gasteiger partial charge in [0.25, 0.3) is 0 Å². The van der Waals surface area contributed by atoms with E-state index >= 15 is 0 Å². The molecule has 19 heavy (non-hydrogen) atoms. The second kappa shape index (κ2) is 5.07. The Hall–Kier alpha value is -1.78. The fourth-order valence-corrected chi connectivity index (χ4v) is 2.97. The van der Waals surface area contributed by atoms with Crippen LogP contribution in [0.3, 0.4) is 0 Å². The minimum Gasteiger partial charge on any atom is -0.396 e. The molecule has 0 aliphatic heterocycles. The van der Waals surface area contributed by atoms with Gasteiger partial charge in [0, 0.05) is 6.20 Å². The smallest absolute Gasteiger partial charge is 0.125 e. The monoisotopic (exact) mass is 289 g/mol. The predicted octanol–water partition coefficient (Wildman–Crippen LogP) is 3.90. The van der Waals surface area contributed by atoms with Crippen LogP contribution < -0.4 is 5.73 Å². The van der Waals surface area contributed by atoms with Gasteiger partial charge in [-0.25, -0.2) is 0 Å². The van der Waals surface area contributed by atoms with Gasteiger partial charge < -0.3 is 5.73 Å². The van der Waals surface area contributed by atoms with Crippen LogP contribution in [0, 0.1) is 0 Å². The molecule has 0 fully saturated rings. The Labute approximate surface area is 120 Å². The maximum atomic E-state index is 6.02. The van der Waals surface area contributed by atoms with E-state index in [0.717, 1.165) is 14.9 Å². The molecule has 96 valence electrons. The van der Waals surface area contributed by atoms with Crippen LogP contribution in [-0.2, 0) is 6.54 Å². The topological polar surface area (TPSA) is 43.8 Å². The summed E-state index contributed by atoms with van der Waals surface area (Å²) < 4.78 is 2.60. The Morgan fingerprint density at radius 2 is 1.95 bits per heavy atom. The van der Waals surface area contributed by atoms with Crippen molar-refractivity contribution in [3.63, 3.8) is 0 Å². The fraction of sp³-hybridized carbons (Fsp3) is 0.0714. The Bertz CT molecular complexity index is 688. The summed E-state index contributed by atoms with van der Waals surface area (Å²) in [7, 11) is 0. The van der Waals surface area contributed by atoms with Crippen molar-refractivity contribution in [3.8, 4) is 10.6 Å². The standard InChI is InChI=1S/C14H12ClN3S/c15-13-7-6-12(19-13)14-11(16)9-18(17-14)8-10-4-2-1-3-5-10/h1-7,9H,8,16H2. The van der Waals surface area contributed by atoms with Gasteiger partial charge in [-0.2, -0.15) is 5.10 Å². The first-order valence-electron chi connectivity index (χ1n) is 5.85. The molecule has 0 saturated carbocycles. The van der Waals surface area contributed by atoms with E-state index in [4.69, 9.17) is 17.3 Å². The van der Waals surface area contributed by atoms with Crippen LogP contribution in [0.4, 0.5) is 5.69 Å². The quantitative estimate of drug-likeness (QED) is 0.795. The number of anilines is 1. The molecule has 0 spiro atoms. The first-order chi connectivity index (χ1) is 9.22. The molecule has 0 saturated heterocycles. The lowest BCUT2D eigenvalue weighted by molar-refractivity contribution is 0.690. The Morgan fingerprint density at radius 3 is 2.63 bits per heavy atom. The van der Waals surface area contributed by atoms with Gasteiger partial charge in [0.2, 0.25) is 0 Å². The lowest BCUT2D eigenvalue weighted by atomic mass is 10.2. The number of halogens is 1. The van der Waals surface area contributed by atoms with Gasteiger partial charge >= 0.3 is 0 Å². The molecule has 3 rings (SSSR count). The van der Waals surface area contributed by atoms with Crippen LogP contribution in [0.1, 0.15) is 5.56 Å². The van der Waals surface area contributed by atoms with Gasteiger partial charge in [-0.1, -0.05) is 41.9 Å². The van der Waals surface area contributed by atoms with Crippen molar-refractivity contribution in [2.75, 3.05) is 5.73 Å². The molecule has 2 aromatic heterocycles. The molecule has 0 atom stereocenters. The lowest BCUT2D eigenvalue weighted by Gasteiger charge is -2.00. The molecular formula is C14H12ClN3S. The van der Waals surface area contributed by atoms with Crippen molar-refractivity contribution in [3.05, 3.63) is 58.6 Å². The second-order valence-corrected chi connectivity index (χ2v) is 5.94. The van der Waals surface area contributed by atoms with E-state index in [-0.39, 0.29) is 0 Å². The molecule has 3 nitrogen and oxygen atoms in total. The van der Waals surface area contributed by atoms with Gasteiger partial charge in [-0.15, -0.1) is 11.3 Å². The van der Waals surface area contributed by atoms with Gasteiger partial charge in [0.05, 0.1) is 21.4 Å². The maximum absolute atomic E-state index is 6.02. The SMILES string of the molecule is Nc1cn(Cc2ccccc2)nc1-c1ccc(Cl)s1. The lowest BCUT2D eigenvalue weighted by Crippen LogP contribution is -1.99. The average molecular weight is 290 g/mol. The van der Waals surface area contributed by atoms with Crippen LogP contribution in [-0.4, -0.2) is 9.78 Å². The first kappa shape index (κ1) is 12.3. The van der Waals surface area contributed by atoms with Crippen LogP contribution in [0.5, 0.6) is 0 Å². The van der Waals surface area contributed by atoms with Crippen LogP contribution in [0.25, 0.3) is 10.6 Å². The Morgan fingerprint density at radius 1 is 1.16 bits per heavy atom. The molecule has 0 aliphatic carbocycles. The van der Waals surface area contributed by atoms with Crippen LogP contribution in [0.15, 0.2) is 48.7 Å². The molecule has 2 heterocycles. The van der Waals surface area contributed by atoms with E-state index in [2.05, 4.69) is 17.2 Å². The van der Waals surface area contributed by atoms with Crippen molar-refractivity contribution in [1.29, 1.82) is 0 Å². The van der Waals surface area contributed by atoms with E-state index in [0.29, 0.717) is 12.2 Å². The number of hydrogen-bond donors (Lipinski definition) is 1. The van der Waals surface area contributed by atoms with Crippen molar-refractivity contribution in [2.24, 2.45) is 0 Å². The molecule has 0 aliphatic rings. The van der Waals surface area contributed by atoms with Gasteiger partial charge in [0.15, 0.2) is 0 Å². The minimum absolute atomic E-state index is 0.675. The number of benzene rings is 1. The molecule has 2 N–H and O–H groups in total. The van der Waals surface area contributed by atoms with E-state index in [1.165, 1.54) is 16.9 Å². The van der Waals surface area contributed by atoms with E-state index in [9.17, 15) is 0 Å². The summed E-state index contributed by atoms with van der Waals surface area (Å²) in [4.78, 5) is 0.995. The summed E-state index contributed by atoms with van der Waals surface area (Å²) in [5, 5.41) is 4.53. The molecule has 0 amide bonds. The van der Waals surface area contributed by atoms with E-state index < -0.39 is 0 Å². The van der Waals surface area contributed by atoms with Gasteiger partial charge in [0.1, 0.15) is 5.69 Å². The summed E-state index contributed by atoms with van der Waals surface area (Å²) in [5.41, 5.74) is 8.69. The largest absolute Gasteiger partial charge is 0.396 e. The van der Waals surface area contributed by atoms with E-state index in [1.807, 2.05) is 41.2 Å². The zero-order valence-electron chi connectivity index (χ0n) is 10.1. The van der Waals surface area contributed by atoms with Crippen molar-refractivity contribution >= 4 is 28.6 Å². The molecular weight excluding hydrogens is 278 g/mol. The number of nitrogens with zero attached hydrogens (tertiary/aromatic N) is 2. The van der Waals surface area contributed by atoms with Crippen molar-refractivity contribution in [2.45, 2.75) is 6.54 Å². The molecule has 3 aromatic rings. The predicted molar refractivity (Wildman–Crippen MR) is 80.5 cm³/mol. The molecule has 0 radical (unpaired) electrons. The Balaban J connectivity index is 1.89. The normalized spacial score (nSPS) is 10.8. The minimum atomic E-state index is 0.675. The highest BCUT2D eigenvalue weighted by Gasteiger charge is 2.11. The number of nitrogen functional groups attached to an aromatic ring is 1. The fourth-order valence-electron chi connectivity index (χ4n) is 1.92. The van der Waals surface area contributed by atoms with Crippen LogP contribution in [0.2, 0.25) is 4.34 Å². The highest BCUT2D eigenvalue weighted by atomic mass is 35.5. The number of aromatic nitrogens is 2. The molecule has 0 unspecified atom stereocenters. The summed E-state index contributed by atoms with van der Waals surface area (Å²) in [5.74, 6) is 0. The third-order valence-electron chi connectivity index (χ3n) is 2.78. The second-order valence-electron chi connectivity index (χ2n) is 4.22. The third-order valence-corrected chi connectivity index (χ3v) is 4.02. The number of thiophene rings is 1. The first-order valence-corrected chi connectivity index (χ1v) is 7.04. The summed E-state index contributed by atoms with van der Waals surface area (Å²) >= 11 is 7.43. The van der Waals surface area contributed by atoms with Gasteiger partial charge in [-0.3, -0.25) is 4.68 Å². The maximum Gasteiger partial charge on any atom is 0.125 e. The number of rotatable bonds is 3. The zero-order valence-corrected chi connectivity index (χ0v) is 11.7. The third kappa shape index (κ3) is 2.64. The highest BCUT2D eigenvalue weighted by molar-refractivity contribution is 7.19. The molecule has 5 heteroatoms. The summed E-state index contributed by atoms with van der Waals surface area (Å²) in [6.45, 7) is 0.712. The molecule has 1 aromatic carbocycles. The van der Waals surface area contributed by atoms with Crippen LogP contribution >= 0.6 is 22.9 Å². The highest BCUT2D eigenvalue weighted by Crippen LogP contribution is 2.33. The summed E-state index contributed by atoms with van der Waals surface area (Å²) in [6, 6.07) is 14.0. The average Bonchev–Trinajstić information content (AvgIpc) is 2.97. The summed E-state index contributed by atoms with van der Waals surface area (Å²) in [6.07, 6.45) is 1.86. The number of nitrogens with two attached hydrogens (primary N) is 1. The van der Waals surface area contributed by atoms with Crippen molar-refractivity contribution in [1.82, 2.24) is 9.78 Å². The van der Waals surface area contributed by atoms with Crippen molar-refractivity contribution < 1.29 is 0 Å². The zero-order chi connectivity index (χ0) is 13.2. The Kier molecular flexibility index (Phi) is 3.27.